The first-order chi connectivity index (χ1) is 15.2. The van der Waals surface area contributed by atoms with Gasteiger partial charge in [-0.2, -0.15) is 13.2 Å². The van der Waals surface area contributed by atoms with Gasteiger partial charge in [-0.15, -0.1) is 0 Å². The highest BCUT2D eigenvalue weighted by Crippen LogP contribution is 2.32. The lowest BCUT2D eigenvalue weighted by molar-refractivity contribution is -0.139. The van der Waals surface area contributed by atoms with E-state index in [0.717, 1.165) is 24.0 Å². The van der Waals surface area contributed by atoms with Crippen LogP contribution in [0.4, 0.5) is 18.9 Å². The number of hydrogen-bond donors (Lipinski definition) is 1. The Morgan fingerprint density at radius 3 is 2.21 bits per heavy atom. The molecule has 0 aliphatic heterocycles. The van der Waals surface area contributed by atoms with E-state index >= 15 is 0 Å². The Hall–Kier alpha value is -3.08. The normalized spacial score (nSPS) is 12.7. The van der Waals surface area contributed by atoms with Gasteiger partial charge in [-0.1, -0.05) is 35.9 Å². The molecule has 1 N–H and O–H groups in total. The SMILES string of the molecule is CNC(=O)[C@H](C)N(Cc1ccc(C)cc1)C(=O)CN(c1cccc(C(F)(F)F)c1)S(C)(=O)=O. The number of nitrogens with one attached hydrogen (secondary N) is 1. The van der Waals surface area contributed by atoms with Crippen molar-refractivity contribution in [3.05, 3.63) is 65.2 Å². The van der Waals surface area contributed by atoms with E-state index in [1.165, 1.54) is 24.9 Å². The minimum Gasteiger partial charge on any atom is -0.357 e. The molecule has 0 radical (unpaired) electrons. The van der Waals surface area contributed by atoms with Crippen LogP contribution in [0.2, 0.25) is 0 Å². The maximum Gasteiger partial charge on any atom is 0.416 e. The van der Waals surface area contributed by atoms with Gasteiger partial charge in [0.25, 0.3) is 0 Å². The number of carbonyl (C=O) groups excluding carboxylic acids is 2. The number of alkyl halides is 3. The van der Waals surface area contributed by atoms with Crippen LogP contribution in [0.15, 0.2) is 48.5 Å². The number of anilines is 1. The summed E-state index contributed by atoms with van der Waals surface area (Å²) in [7, 11) is -2.72. The zero-order valence-corrected chi connectivity index (χ0v) is 19.5. The van der Waals surface area contributed by atoms with Crippen molar-refractivity contribution in [2.75, 3.05) is 24.2 Å². The number of nitrogens with zero attached hydrogens (tertiary/aromatic N) is 2. The molecule has 1 atom stereocenters. The molecule has 0 heterocycles. The Kier molecular flexibility index (Phi) is 8.12. The first kappa shape index (κ1) is 26.2. The summed E-state index contributed by atoms with van der Waals surface area (Å²) in [6, 6.07) is 9.97. The summed E-state index contributed by atoms with van der Waals surface area (Å²) in [5, 5.41) is 2.44. The average molecular weight is 486 g/mol. The van der Waals surface area contributed by atoms with Crippen LogP contribution in [0.3, 0.4) is 0 Å². The predicted octanol–water partition coefficient (Wildman–Crippen LogP) is 2.94. The number of hydrogen-bond acceptors (Lipinski definition) is 4. The third kappa shape index (κ3) is 6.95. The molecule has 0 unspecified atom stereocenters. The summed E-state index contributed by atoms with van der Waals surface area (Å²) in [5.41, 5.74) is 0.346. The molecule has 0 saturated carbocycles. The van der Waals surface area contributed by atoms with Crippen molar-refractivity contribution < 1.29 is 31.2 Å². The highest BCUT2D eigenvalue weighted by atomic mass is 32.2. The summed E-state index contributed by atoms with van der Waals surface area (Å²) in [4.78, 5) is 26.6. The summed E-state index contributed by atoms with van der Waals surface area (Å²) in [6.07, 6.45) is -3.89. The fraction of sp³-hybridized carbons (Fsp3) is 0.364. The monoisotopic (exact) mass is 485 g/mol. The van der Waals surface area contributed by atoms with Crippen molar-refractivity contribution in [3.8, 4) is 0 Å². The molecule has 0 fully saturated rings. The smallest absolute Gasteiger partial charge is 0.357 e. The van der Waals surface area contributed by atoms with Gasteiger partial charge in [0, 0.05) is 13.6 Å². The van der Waals surface area contributed by atoms with Crippen LogP contribution in [0.1, 0.15) is 23.6 Å². The molecule has 2 aromatic carbocycles. The first-order valence-corrected chi connectivity index (χ1v) is 11.8. The van der Waals surface area contributed by atoms with E-state index in [1.54, 1.807) is 12.1 Å². The molecule has 11 heteroatoms. The maximum atomic E-state index is 13.2. The lowest BCUT2D eigenvalue weighted by Gasteiger charge is -2.31. The number of amides is 2. The summed E-state index contributed by atoms with van der Waals surface area (Å²) < 4.78 is 64.8. The van der Waals surface area contributed by atoms with Crippen molar-refractivity contribution >= 4 is 27.5 Å². The van der Waals surface area contributed by atoms with Gasteiger partial charge in [-0.3, -0.25) is 13.9 Å². The molecule has 0 aliphatic rings. The lowest BCUT2D eigenvalue weighted by Crippen LogP contribution is -2.50. The molecule has 0 aromatic heterocycles. The number of sulfonamides is 1. The molecule has 7 nitrogen and oxygen atoms in total. The molecule has 33 heavy (non-hydrogen) atoms. The van der Waals surface area contributed by atoms with Gasteiger partial charge in [0.05, 0.1) is 17.5 Å². The van der Waals surface area contributed by atoms with Crippen LogP contribution in [-0.4, -0.2) is 51.0 Å². The number of likely N-dealkylation sites (N-methyl/N-ethyl adjacent to an activating group) is 1. The second-order valence-corrected chi connectivity index (χ2v) is 9.52. The molecule has 2 aromatic rings. The number of benzene rings is 2. The van der Waals surface area contributed by atoms with Gasteiger partial charge in [-0.25, -0.2) is 8.42 Å². The minimum atomic E-state index is -4.69. The van der Waals surface area contributed by atoms with Gasteiger partial charge >= 0.3 is 6.18 Å². The van der Waals surface area contributed by atoms with E-state index in [1.807, 2.05) is 19.1 Å². The Labute approximate surface area is 191 Å². The third-order valence-electron chi connectivity index (χ3n) is 5.03. The Morgan fingerprint density at radius 2 is 1.70 bits per heavy atom. The molecule has 0 bridgehead atoms. The van der Waals surface area contributed by atoms with Crippen LogP contribution in [0.5, 0.6) is 0 Å². The van der Waals surface area contributed by atoms with Crippen molar-refractivity contribution in [1.82, 2.24) is 10.2 Å². The van der Waals surface area contributed by atoms with Crippen molar-refractivity contribution in [2.24, 2.45) is 0 Å². The van der Waals surface area contributed by atoms with E-state index in [4.69, 9.17) is 0 Å². The Bertz CT molecular complexity index is 1100. The maximum absolute atomic E-state index is 13.2. The zero-order valence-electron chi connectivity index (χ0n) is 18.7. The van der Waals surface area contributed by atoms with Gasteiger partial charge in [-0.05, 0) is 37.6 Å². The van der Waals surface area contributed by atoms with Crippen molar-refractivity contribution in [3.63, 3.8) is 0 Å². The largest absolute Gasteiger partial charge is 0.416 e. The second kappa shape index (κ2) is 10.2. The fourth-order valence-corrected chi connectivity index (χ4v) is 3.97. The zero-order chi connectivity index (χ0) is 25.0. The van der Waals surface area contributed by atoms with E-state index in [9.17, 15) is 31.2 Å². The standard InChI is InChI=1S/C22H26F3N3O4S/c1-15-8-10-17(11-9-15)13-27(16(2)21(30)26-3)20(29)14-28(33(4,31)32)19-7-5-6-18(12-19)22(23,24)25/h5-12,16H,13-14H2,1-4H3,(H,26,30)/t16-/m0/s1. The summed E-state index contributed by atoms with van der Waals surface area (Å²) in [5.74, 6) is -1.21. The highest BCUT2D eigenvalue weighted by Gasteiger charge is 2.33. The van der Waals surface area contributed by atoms with Crippen LogP contribution in [0, 0.1) is 6.92 Å². The number of aryl methyl sites for hydroxylation is 1. The quantitative estimate of drug-likeness (QED) is 0.623. The van der Waals surface area contributed by atoms with Crippen LogP contribution >= 0.6 is 0 Å². The molecule has 0 aliphatic carbocycles. The van der Waals surface area contributed by atoms with Crippen LogP contribution in [-0.2, 0) is 32.3 Å². The lowest BCUT2D eigenvalue weighted by atomic mass is 10.1. The summed E-state index contributed by atoms with van der Waals surface area (Å²) in [6.45, 7) is 2.61. The van der Waals surface area contributed by atoms with E-state index in [0.29, 0.717) is 15.9 Å². The van der Waals surface area contributed by atoms with Gasteiger partial charge in [0.15, 0.2) is 0 Å². The topological polar surface area (TPSA) is 86.8 Å². The number of halogens is 3. The first-order valence-electron chi connectivity index (χ1n) is 9.95. The molecule has 2 rings (SSSR count). The van der Waals surface area contributed by atoms with Crippen LogP contribution < -0.4 is 9.62 Å². The predicted molar refractivity (Wildman–Crippen MR) is 119 cm³/mol. The highest BCUT2D eigenvalue weighted by molar-refractivity contribution is 7.92. The molecule has 0 spiro atoms. The fourth-order valence-electron chi connectivity index (χ4n) is 3.13. The molecular weight excluding hydrogens is 459 g/mol. The molecule has 180 valence electrons. The minimum absolute atomic E-state index is 0.00783. The van der Waals surface area contributed by atoms with Crippen LogP contribution in [0.25, 0.3) is 0 Å². The Balaban J connectivity index is 2.42. The van der Waals surface area contributed by atoms with Gasteiger partial charge in [0.2, 0.25) is 21.8 Å². The van der Waals surface area contributed by atoms with Gasteiger partial charge in [0.1, 0.15) is 12.6 Å². The molecule has 0 saturated heterocycles. The van der Waals surface area contributed by atoms with E-state index < -0.39 is 46.2 Å². The number of rotatable bonds is 8. The van der Waals surface area contributed by atoms with Crippen molar-refractivity contribution in [1.29, 1.82) is 0 Å². The Morgan fingerprint density at radius 1 is 1.09 bits per heavy atom. The van der Waals surface area contributed by atoms with E-state index in [2.05, 4.69) is 5.32 Å². The van der Waals surface area contributed by atoms with Gasteiger partial charge < -0.3 is 10.2 Å². The summed E-state index contributed by atoms with van der Waals surface area (Å²) >= 11 is 0. The second-order valence-electron chi connectivity index (χ2n) is 7.62. The van der Waals surface area contributed by atoms with Crippen molar-refractivity contribution in [2.45, 2.75) is 32.6 Å². The molecular formula is C22H26F3N3O4S. The third-order valence-corrected chi connectivity index (χ3v) is 6.17. The number of carbonyl (C=O) groups is 2. The average Bonchev–Trinajstić information content (AvgIpc) is 2.74. The molecule has 2 amide bonds. The van der Waals surface area contributed by atoms with E-state index in [-0.39, 0.29) is 12.2 Å².